The third kappa shape index (κ3) is 5.29. The zero-order valence-corrected chi connectivity index (χ0v) is 24.2. The second kappa shape index (κ2) is 10.3. The summed E-state index contributed by atoms with van der Waals surface area (Å²) in [6.45, 7) is 8.27. The Morgan fingerprint density at radius 3 is 1.98 bits per heavy atom. The molecule has 210 valence electrons. The number of amides is 1. The summed E-state index contributed by atoms with van der Waals surface area (Å²) in [6.07, 6.45) is 2.34. The van der Waals surface area contributed by atoms with E-state index in [1.54, 1.807) is 31.4 Å². The van der Waals surface area contributed by atoms with Crippen LogP contribution in [0.2, 0.25) is 0 Å². The Hall–Kier alpha value is -3.87. The van der Waals surface area contributed by atoms with Gasteiger partial charge in [-0.2, -0.15) is 0 Å². The maximum Gasteiger partial charge on any atom is 0.262 e. The number of benzene rings is 2. The predicted octanol–water partition coefficient (Wildman–Crippen LogP) is 6.03. The van der Waals surface area contributed by atoms with Crippen molar-refractivity contribution in [2.24, 2.45) is 10.8 Å². The Balaban J connectivity index is 1.51. The summed E-state index contributed by atoms with van der Waals surface area (Å²) in [7, 11) is 3.58. The van der Waals surface area contributed by atoms with Gasteiger partial charge in [-0.05, 0) is 54.0 Å². The number of Topliss-reactive ketones (excluding diaryl/α,β-unsaturated/α-hetero) is 2. The van der Waals surface area contributed by atoms with Gasteiger partial charge >= 0.3 is 0 Å². The number of nitrogens with zero attached hydrogens (tertiary/aromatic N) is 1. The summed E-state index contributed by atoms with van der Waals surface area (Å²) in [5.74, 6) is 0.503. The lowest BCUT2D eigenvalue weighted by atomic mass is 9.63. The minimum absolute atomic E-state index is 0.0688. The van der Waals surface area contributed by atoms with Crippen LogP contribution in [-0.2, 0) is 14.4 Å². The normalized spacial score (nSPS) is 20.2. The second-order valence-electron chi connectivity index (χ2n) is 12.7. The van der Waals surface area contributed by atoms with E-state index in [-0.39, 0.29) is 34.9 Å². The molecule has 1 heterocycles. The van der Waals surface area contributed by atoms with Crippen molar-refractivity contribution in [1.29, 1.82) is 0 Å². The van der Waals surface area contributed by atoms with E-state index in [0.717, 1.165) is 29.8 Å². The van der Waals surface area contributed by atoms with E-state index in [1.165, 1.54) is 0 Å². The van der Waals surface area contributed by atoms with Gasteiger partial charge in [0.25, 0.3) is 5.91 Å². The van der Waals surface area contributed by atoms with E-state index < -0.39 is 5.92 Å². The largest absolute Gasteiger partial charge is 0.497 e. The molecular weight excluding hydrogens is 504 g/mol. The van der Waals surface area contributed by atoms with E-state index in [4.69, 9.17) is 9.47 Å². The van der Waals surface area contributed by atoms with Gasteiger partial charge in [0.15, 0.2) is 18.2 Å². The Morgan fingerprint density at radius 2 is 1.43 bits per heavy atom. The number of nitrogens with one attached hydrogen (secondary N) is 1. The molecule has 1 amide bonds. The smallest absolute Gasteiger partial charge is 0.262 e. The first-order valence-corrected chi connectivity index (χ1v) is 13.8. The zero-order chi connectivity index (χ0) is 28.8. The molecule has 7 heteroatoms. The van der Waals surface area contributed by atoms with Crippen molar-refractivity contribution >= 4 is 23.2 Å². The molecule has 0 atom stereocenters. The van der Waals surface area contributed by atoms with Crippen molar-refractivity contribution < 1.29 is 23.9 Å². The van der Waals surface area contributed by atoms with Crippen LogP contribution in [0.15, 0.2) is 71.1 Å². The molecule has 0 fully saturated rings. The van der Waals surface area contributed by atoms with Crippen LogP contribution in [0.4, 0.5) is 5.69 Å². The summed E-state index contributed by atoms with van der Waals surface area (Å²) < 4.78 is 11.3. The van der Waals surface area contributed by atoms with Crippen LogP contribution >= 0.6 is 0 Å². The minimum Gasteiger partial charge on any atom is -0.497 e. The second-order valence-corrected chi connectivity index (χ2v) is 12.7. The molecule has 3 aliphatic rings. The molecule has 7 nitrogen and oxygen atoms in total. The molecule has 0 saturated heterocycles. The highest BCUT2D eigenvalue weighted by atomic mass is 16.5. The van der Waals surface area contributed by atoms with Gasteiger partial charge in [-0.3, -0.25) is 14.4 Å². The summed E-state index contributed by atoms with van der Waals surface area (Å²) >= 11 is 0. The number of carbonyl (C=O) groups excluding carboxylic acids is 3. The lowest BCUT2D eigenvalue weighted by molar-refractivity contribution is -0.120. The van der Waals surface area contributed by atoms with Crippen LogP contribution in [0.3, 0.4) is 0 Å². The molecule has 40 heavy (non-hydrogen) atoms. The maximum atomic E-state index is 13.8. The molecule has 0 saturated carbocycles. The summed E-state index contributed by atoms with van der Waals surface area (Å²) in [4.78, 5) is 42.4. The Labute approximate surface area is 236 Å². The fourth-order valence-electron chi connectivity index (χ4n) is 6.34. The lowest BCUT2D eigenvalue weighted by Gasteiger charge is -2.48. The van der Waals surface area contributed by atoms with Crippen molar-refractivity contribution in [2.45, 2.75) is 59.3 Å². The molecule has 2 aromatic rings. The van der Waals surface area contributed by atoms with Crippen LogP contribution in [0.25, 0.3) is 0 Å². The third-order valence-corrected chi connectivity index (χ3v) is 8.14. The topological polar surface area (TPSA) is 84.9 Å². The van der Waals surface area contributed by atoms with E-state index in [1.807, 2.05) is 31.3 Å². The van der Waals surface area contributed by atoms with Gasteiger partial charge in [0, 0.05) is 59.6 Å². The fourth-order valence-corrected chi connectivity index (χ4v) is 6.34. The van der Waals surface area contributed by atoms with E-state index in [9.17, 15) is 14.4 Å². The number of methoxy groups -OCH3 is 1. The van der Waals surface area contributed by atoms with E-state index in [0.29, 0.717) is 41.2 Å². The van der Waals surface area contributed by atoms with Gasteiger partial charge < -0.3 is 19.7 Å². The molecule has 0 aromatic heterocycles. The van der Waals surface area contributed by atoms with E-state index in [2.05, 4.69) is 37.9 Å². The first kappa shape index (κ1) is 27.7. The number of ketones is 2. The molecule has 0 bridgehead atoms. The molecule has 5 rings (SSSR count). The standard InChI is InChI=1S/C33H38N2O5/c1-32(2)15-23-30(25(36)17-32)29(31-24(35(23)5)16-33(3,4)18-26(31)37)22-9-7-8-10-27(22)40-19-28(38)34-20-11-13-21(39-6)14-12-20/h7-14,29H,15-19H2,1-6H3,(H,34,38). The zero-order valence-electron chi connectivity index (χ0n) is 24.2. The average molecular weight is 543 g/mol. The minimum atomic E-state index is -0.519. The molecule has 2 aromatic carbocycles. The van der Waals surface area contributed by atoms with Crippen molar-refractivity contribution in [2.75, 3.05) is 26.1 Å². The van der Waals surface area contributed by atoms with Crippen LogP contribution in [0.5, 0.6) is 11.5 Å². The van der Waals surface area contributed by atoms with Crippen molar-refractivity contribution in [1.82, 2.24) is 4.90 Å². The van der Waals surface area contributed by atoms with Gasteiger partial charge in [0.2, 0.25) is 0 Å². The summed E-state index contributed by atoms with van der Waals surface area (Å²) in [6, 6.07) is 14.5. The lowest BCUT2D eigenvalue weighted by Crippen LogP contribution is -2.43. The number of ether oxygens (including phenoxy) is 2. The van der Waals surface area contributed by atoms with Crippen LogP contribution < -0.4 is 14.8 Å². The van der Waals surface area contributed by atoms with E-state index >= 15 is 0 Å². The molecule has 1 N–H and O–H groups in total. The molecule has 2 aliphatic carbocycles. The van der Waals surface area contributed by atoms with Crippen molar-refractivity contribution in [3.63, 3.8) is 0 Å². The third-order valence-electron chi connectivity index (χ3n) is 8.14. The van der Waals surface area contributed by atoms with Crippen LogP contribution in [0, 0.1) is 10.8 Å². The predicted molar refractivity (Wildman–Crippen MR) is 154 cm³/mol. The monoisotopic (exact) mass is 542 g/mol. The van der Waals surface area contributed by atoms with Crippen molar-refractivity contribution in [3.8, 4) is 11.5 Å². The molecule has 0 spiro atoms. The number of anilines is 1. The van der Waals surface area contributed by atoms with Crippen LogP contribution in [-0.4, -0.2) is 43.1 Å². The first-order valence-electron chi connectivity index (χ1n) is 13.8. The number of para-hydroxylation sites is 1. The Morgan fingerprint density at radius 1 is 0.875 bits per heavy atom. The van der Waals surface area contributed by atoms with Gasteiger partial charge in [-0.15, -0.1) is 0 Å². The van der Waals surface area contributed by atoms with Gasteiger partial charge in [0.1, 0.15) is 11.5 Å². The number of carbonyl (C=O) groups is 3. The maximum absolute atomic E-state index is 13.8. The average Bonchev–Trinajstić information content (AvgIpc) is 2.88. The molecular formula is C33H38N2O5. The number of rotatable bonds is 6. The Bertz CT molecular complexity index is 1380. The molecule has 1 aliphatic heterocycles. The van der Waals surface area contributed by atoms with Crippen molar-refractivity contribution in [3.05, 3.63) is 76.6 Å². The highest BCUT2D eigenvalue weighted by Crippen LogP contribution is 2.54. The molecule has 0 unspecified atom stereocenters. The van der Waals surface area contributed by atoms with Gasteiger partial charge in [0.05, 0.1) is 7.11 Å². The number of allylic oxidation sites excluding steroid dienone is 4. The fraction of sp³-hybridized carbons (Fsp3) is 0.424. The quantitative estimate of drug-likeness (QED) is 0.480. The van der Waals surface area contributed by atoms with Gasteiger partial charge in [-0.25, -0.2) is 0 Å². The number of hydrogen-bond donors (Lipinski definition) is 1. The highest BCUT2D eigenvalue weighted by Gasteiger charge is 2.48. The molecule has 0 radical (unpaired) electrons. The van der Waals surface area contributed by atoms with Crippen LogP contribution in [0.1, 0.15) is 64.9 Å². The first-order chi connectivity index (χ1) is 18.9. The Kier molecular flexibility index (Phi) is 7.11. The number of hydrogen-bond acceptors (Lipinski definition) is 6. The summed E-state index contributed by atoms with van der Waals surface area (Å²) in [5.41, 5.74) is 4.39. The SMILES string of the molecule is COc1ccc(NC(=O)COc2ccccc2C2C3=C(CC(C)(C)CC3=O)N(C)C3=C2C(=O)CC(C)(C)C3)cc1. The summed E-state index contributed by atoms with van der Waals surface area (Å²) in [5, 5.41) is 2.84. The van der Waals surface area contributed by atoms with Gasteiger partial charge in [-0.1, -0.05) is 45.9 Å². The highest BCUT2D eigenvalue weighted by molar-refractivity contribution is 6.07.